The van der Waals surface area contributed by atoms with Gasteiger partial charge in [0.2, 0.25) is 0 Å². The molecule has 1 aliphatic heterocycles. The molecule has 3 rings (SSSR count). The van der Waals surface area contributed by atoms with Gasteiger partial charge in [0.25, 0.3) is 5.91 Å². The Hall–Kier alpha value is -2.67. The first-order chi connectivity index (χ1) is 12.0. The van der Waals surface area contributed by atoms with E-state index < -0.39 is 6.10 Å². The van der Waals surface area contributed by atoms with Crippen molar-refractivity contribution in [1.29, 1.82) is 0 Å². The molecule has 0 spiro atoms. The second kappa shape index (κ2) is 7.48. The number of aliphatic hydroxyl groups excluding tert-OH is 1. The monoisotopic (exact) mass is 344 g/mol. The van der Waals surface area contributed by atoms with Crippen molar-refractivity contribution in [3.05, 3.63) is 47.3 Å². The zero-order chi connectivity index (χ0) is 17.8. The summed E-state index contributed by atoms with van der Waals surface area (Å²) in [5.74, 6) is 0.761. The van der Waals surface area contributed by atoms with E-state index in [1.54, 1.807) is 35.2 Å². The molecule has 1 atom stereocenters. The molecule has 0 aliphatic carbocycles. The van der Waals surface area contributed by atoms with Gasteiger partial charge in [0.15, 0.2) is 17.2 Å². The number of ether oxygens (including phenoxy) is 1. The van der Waals surface area contributed by atoms with Crippen LogP contribution < -0.4 is 4.74 Å². The van der Waals surface area contributed by atoms with Gasteiger partial charge in [-0.05, 0) is 44.0 Å². The summed E-state index contributed by atoms with van der Waals surface area (Å²) in [6, 6.07) is 8.33. The molecule has 2 aromatic rings. The normalized spacial score (nSPS) is 17.4. The lowest BCUT2D eigenvalue weighted by Crippen LogP contribution is -2.42. The van der Waals surface area contributed by atoms with Crippen molar-refractivity contribution in [3.63, 3.8) is 0 Å². The lowest BCUT2D eigenvalue weighted by atomic mass is 10.1. The summed E-state index contributed by atoms with van der Waals surface area (Å²) in [4.78, 5) is 25.2. The van der Waals surface area contributed by atoms with Gasteiger partial charge in [-0.15, -0.1) is 0 Å². The van der Waals surface area contributed by atoms with Crippen LogP contribution in [0.3, 0.4) is 0 Å². The smallest absolute Gasteiger partial charge is 0.276 e. The summed E-state index contributed by atoms with van der Waals surface area (Å²) in [6.07, 6.45) is 1.01. The Kier molecular flexibility index (Phi) is 5.14. The third-order valence-electron chi connectivity index (χ3n) is 4.10. The molecule has 7 heteroatoms. The van der Waals surface area contributed by atoms with Gasteiger partial charge < -0.3 is 19.3 Å². The van der Waals surface area contributed by atoms with E-state index in [4.69, 9.17) is 9.26 Å². The fourth-order valence-electron chi connectivity index (χ4n) is 2.72. The summed E-state index contributed by atoms with van der Waals surface area (Å²) in [5.41, 5.74) is 0.822. The van der Waals surface area contributed by atoms with Crippen molar-refractivity contribution in [2.45, 2.75) is 32.5 Å². The Morgan fingerprint density at radius 2 is 2.12 bits per heavy atom. The largest absolute Gasteiger partial charge is 0.486 e. The van der Waals surface area contributed by atoms with E-state index in [1.165, 1.54) is 6.92 Å². The molecule has 1 unspecified atom stereocenters. The van der Waals surface area contributed by atoms with E-state index >= 15 is 0 Å². The highest BCUT2D eigenvalue weighted by molar-refractivity contribution is 5.94. The van der Waals surface area contributed by atoms with Crippen LogP contribution in [0.4, 0.5) is 0 Å². The topological polar surface area (TPSA) is 92.9 Å². The molecule has 1 fully saturated rings. The maximum Gasteiger partial charge on any atom is 0.276 e. The minimum absolute atomic E-state index is 0.00669. The number of carbonyl (C=O) groups is 2. The number of Topliss-reactive ketones (excluding diaryl/α,β-unsaturated/α-hetero) is 1. The summed E-state index contributed by atoms with van der Waals surface area (Å²) in [6.45, 7) is 2.56. The Morgan fingerprint density at radius 3 is 2.80 bits per heavy atom. The van der Waals surface area contributed by atoms with Crippen LogP contribution in [0.15, 0.2) is 34.9 Å². The van der Waals surface area contributed by atoms with Crippen LogP contribution in [0.1, 0.15) is 46.4 Å². The highest BCUT2D eigenvalue weighted by atomic mass is 16.5. The zero-order valence-corrected chi connectivity index (χ0v) is 14.0. The standard InChI is InChI=1S/C18H20N2O5/c1-12(21)13-4-6-15(7-5-13)24-11-16-9-17(19-25-16)18(23)20-8-2-3-14(22)10-20/h4-7,9,14,22H,2-3,8,10-11H2,1H3. The average molecular weight is 344 g/mol. The number of aliphatic hydroxyl groups is 1. The molecule has 25 heavy (non-hydrogen) atoms. The number of carbonyl (C=O) groups excluding carboxylic acids is 2. The van der Waals surface area contributed by atoms with Crippen LogP contribution in [0.5, 0.6) is 5.75 Å². The quantitative estimate of drug-likeness (QED) is 0.835. The minimum Gasteiger partial charge on any atom is -0.486 e. The van der Waals surface area contributed by atoms with Gasteiger partial charge in [-0.3, -0.25) is 9.59 Å². The number of amides is 1. The number of hydrogen-bond acceptors (Lipinski definition) is 6. The number of benzene rings is 1. The molecule has 0 radical (unpaired) electrons. The Labute approximate surface area is 145 Å². The van der Waals surface area contributed by atoms with Gasteiger partial charge in [-0.25, -0.2) is 0 Å². The molecule has 1 saturated heterocycles. The molecule has 0 bridgehead atoms. The van der Waals surface area contributed by atoms with E-state index in [9.17, 15) is 14.7 Å². The van der Waals surface area contributed by atoms with Crippen molar-refractivity contribution < 1.29 is 24.0 Å². The Morgan fingerprint density at radius 1 is 1.36 bits per heavy atom. The van der Waals surface area contributed by atoms with Crippen LogP contribution in [0, 0.1) is 0 Å². The maximum atomic E-state index is 12.4. The van der Waals surface area contributed by atoms with Crippen molar-refractivity contribution in [3.8, 4) is 5.75 Å². The van der Waals surface area contributed by atoms with Crippen molar-refractivity contribution in [2.24, 2.45) is 0 Å². The second-order valence-electron chi connectivity index (χ2n) is 6.09. The SMILES string of the molecule is CC(=O)c1ccc(OCc2cc(C(=O)N3CCCC(O)C3)no2)cc1. The fourth-order valence-corrected chi connectivity index (χ4v) is 2.72. The van der Waals surface area contributed by atoms with Gasteiger partial charge in [0.1, 0.15) is 12.4 Å². The predicted octanol–water partition coefficient (Wildman–Crippen LogP) is 2.05. The van der Waals surface area contributed by atoms with E-state index in [0.29, 0.717) is 36.6 Å². The fraction of sp³-hybridized carbons (Fsp3) is 0.389. The first kappa shape index (κ1) is 17.2. The first-order valence-electron chi connectivity index (χ1n) is 8.19. The van der Waals surface area contributed by atoms with Gasteiger partial charge in [-0.1, -0.05) is 5.16 Å². The van der Waals surface area contributed by atoms with Gasteiger partial charge in [0, 0.05) is 24.7 Å². The van der Waals surface area contributed by atoms with Crippen molar-refractivity contribution >= 4 is 11.7 Å². The molecule has 0 saturated carbocycles. The molecule has 1 aliphatic rings. The first-order valence-corrected chi connectivity index (χ1v) is 8.19. The minimum atomic E-state index is -0.481. The lowest BCUT2D eigenvalue weighted by Gasteiger charge is -2.29. The maximum absolute atomic E-state index is 12.4. The van der Waals surface area contributed by atoms with Crippen LogP contribution >= 0.6 is 0 Å². The Balaban J connectivity index is 1.58. The van der Waals surface area contributed by atoms with E-state index in [0.717, 1.165) is 6.42 Å². The van der Waals surface area contributed by atoms with E-state index in [1.807, 2.05) is 0 Å². The van der Waals surface area contributed by atoms with Crippen LogP contribution in [-0.4, -0.2) is 46.0 Å². The number of hydrogen-bond donors (Lipinski definition) is 1. The number of likely N-dealkylation sites (tertiary alicyclic amines) is 1. The summed E-state index contributed by atoms with van der Waals surface area (Å²) >= 11 is 0. The van der Waals surface area contributed by atoms with E-state index in [2.05, 4.69) is 5.16 Å². The molecule has 2 heterocycles. The molecule has 1 aromatic carbocycles. The second-order valence-corrected chi connectivity index (χ2v) is 6.09. The number of nitrogens with zero attached hydrogens (tertiary/aromatic N) is 2. The molecular formula is C18H20N2O5. The zero-order valence-electron chi connectivity index (χ0n) is 14.0. The van der Waals surface area contributed by atoms with Gasteiger partial charge in [0.05, 0.1) is 6.10 Å². The van der Waals surface area contributed by atoms with E-state index in [-0.39, 0.29) is 24.0 Å². The van der Waals surface area contributed by atoms with Crippen molar-refractivity contribution in [2.75, 3.05) is 13.1 Å². The average Bonchev–Trinajstić information content (AvgIpc) is 3.08. The molecule has 1 aromatic heterocycles. The summed E-state index contributed by atoms with van der Waals surface area (Å²) in [7, 11) is 0. The number of β-amino-alcohol motifs (C(OH)–C–C–N with tert-alkyl or cyclic N) is 1. The van der Waals surface area contributed by atoms with Crippen LogP contribution in [0.25, 0.3) is 0 Å². The third kappa shape index (κ3) is 4.24. The molecule has 7 nitrogen and oxygen atoms in total. The van der Waals surface area contributed by atoms with Gasteiger partial charge in [-0.2, -0.15) is 0 Å². The third-order valence-corrected chi connectivity index (χ3v) is 4.10. The van der Waals surface area contributed by atoms with Crippen LogP contribution in [-0.2, 0) is 6.61 Å². The number of ketones is 1. The highest BCUT2D eigenvalue weighted by Gasteiger charge is 2.25. The number of aromatic nitrogens is 1. The lowest BCUT2D eigenvalue weighted by molar-refractivity contribution is 0.0465. The molecular weight excluding hydrogens is 324 g/mol. The number of piperidine rings is 1. The van der Waals surface area contributed by atoms with Crippen LogP contribution in [0.2, 0.25) is 0 Å². The summed E-state index contributed by atoms with van der Waals surface area (Å²) in [5, 5.41) is 13.5. The predicted molar refractivity (Wildman–Crippen MR) is 88.4 cm³/mol. The number of rotatable bonds is 5. The molecule has 132 valence electrons. The highest BCUT2D eigenvalue weighted by Crippen LogP contribution is 2.17. The molecule has 1 amide bonds. The summed E-state index contributed by atoms with van der Waals surface area (Å²) < 4.78 is 10.7. The van der Waals surface area contributed by atoms with Gasteiger partial charge >= 0.3 is 0 Å². The Bertz CT molecular complexity index is 753. The van der Waals surface area contributed by atoms with Crippen molar-refractivity contribution in [1.82, 2.24) is 10.1 Å². The molecule has 1 N–H and O–H groups in total.